The van der Waals surface area contributed by atoms with Crippen LogP contribution in [0.3, 0.4) is 0 Å². The van der Waals surface area contributed by atoms with E-state index < -0.39 is 0 Å². The average Bonchev–Trinajstić information content (AvgIpc) is 2.88. The molecule has 0 aliphatic carbocycles. The molecule has 1 saturated heterocycles. The number of benzene rings is 1. The van der Waals surface area contributed by atoms with Crippen molar-refractivity contribution >= 4 is 19.6 Å². The second kappa shape index (κ2) is 18.7. The maximum atomic E-state index is 6.67. The highest BCUT2D eigenvalue weighted by Crippen LogP contribution is 2.47. The van der Waals surface area contributed by atoms with Gasteiger partial charge in [-0.05, 0) is 31.2 Å². The van der Waals surface area contributed by atoms with Crippen LogP contribution >= 0.6 is 11.8 Å². The summed E-state index contributed by atoms with van der Waals surface area (Å²) in [5.41, 5.74) is 2.71. The summed E-state index contributed by atoms with van der Waals surface area (Å²) in [4.78, 5) is 0. The molecule has 1 aromatic rings. The van der Waals surface area contributed by atoms with Crippen LogP contribution in [0, 0.1) is 0 Å². The van der Waals surface area contributed by atoms with E-state index >= 15 is 0 Å². The number of rotatable bonds is 19. The first kappa shape index (κ1) is 30.7. The molecule has 0 bridgehead atoms. The fourth-order valence-corrected chi connectivity index (χ4v) is 6.05. The molecule has 0 aromatic heterocycles. The van der Waals surface area contributed by atoms with Gasteiger partial charge in [0, 0.05) is 26.4 Å². The molecule has 0 radical (unpaired) electrons. The summed E-state index contributed by atoms with van der Waals surface area (Å²) < 4.78 is 26.1. The van der Waals surface area contributed by atoms with Crippen LogP contribution in [-0.2, 0) is 25.3 Å². The van der Waals surface area contributed by atoms with Crippen molar-refractivity contribution in [3.8, 4) is 0 Å². The van der Waals surface area contributed by atoms with Crippen LogP contribution in [0.15, 0.2) is 24.3 Å². The third-order valence-corrected chi connectivity index (χ3v) is 8.26. The van der Waals surface area contributed by atoms with Crippen LogP contribution in [0.4, 0.5) is 0 Å². The first-order valence-electron chi connectivity index (χ1n) is 14.4. The van der Waals surface area contributed by atoms with Gasteiger partial charge < -0.3 is 18.9 Å². The molecule has 4 nitrogen and oxygen atoms in total. The zero-order valence-corrected chi connectivity index (χ0v) is 24.0. The van der Waals surface area contributed by atoms with E-state index in [1.807, 2.05) is 11.8 Å². The third kappa shape index (κ3) is 10.4. The van der Waals surface area contributed by atoms with E-state index in [2.05, 4.69) is 59.8 Å². The Balaban J connectivity index is 2.38. The standard InChI is InChI=1S/C29H51BO4S/c1-5-9-16-31-22-25-26(32-17-10-6-2)27(33-18-11-7-3)28(34-19-12-8-4)29(35-25)24-15-13-14-23(20-24)21-30/h13-15,20,25-29H,5-12,16-19,21-22,30H2,1-4H3/t25-,26-,27+,28-,29+/m1/s1. The fourth-order valence-electron chi connectivity index (χ4n) is 4.42. The molecule has 1 aliphatic rings. The summed E-state index contributed by atoms with van der Waals surface area (Å²) in [5, 5.41) is 0.424. The highest BCUT2D eigenvalue weighted by atomic mass is 32.2. The summed E-state index contributed by atoms with van der Waals surface area (Å²) in [5.74, 6) is 0. The number of hydrogen-bond acceptors (Lipinski definition) is 5. The van der Waals surface area contributed by atoms with Crippen LogP contribution in [-0.4, -0.2) is 64.4 Å². The predicted molar refractivity (Wildman–Crippen MR) is 152 cm³/mol. The molecule has 0 N–H and O–H groups in total. The smallest absolute Gasteiger partial charge is 0.112 e. The Bertz CT molecular complexity index is 661. The molecule has 1 heterocycles. The van der Waals surface area contributed by atoms with Crippen molar-refractivity contribution in [2.24, 2.45) is 0 Å². The zero-order valence-electron chi connectivity index (χ0n) is 23.1. The maximum absolute atomic E-state index is 6.67. The molecule has 1 aromatic carbocycles. The fraction of sp³-hybridized carbons (Fsp3) is 0.793. The minimum atomic E-state index is -0.0911. The Labute approximate surface area is 221 Å². The van der Waals surface area contributed by atoms with Crippen molar-refractivity contribution in [1.82, 2.24) is 0 Å². The van der Waals surface area contributed by atoms with Gasteiger partial charge in [-0.3, -0.25) is 0 Å². The Hall–Kier alpha value is -0.525. The van der Waals surface area contributed by atoms with Gasteiger partial charge in [0.05, 0.1) is 17.1 Å². The van der Waals surface area contributed by atoms with Crippen LogP contribution in [0.25, 0.3) is 0 Å². The average molecular weight is 507 g/mol. The molecule has 0 saturated carbocycles. The van der Waals surface area contributed by atoms with Crippen molar-refractivity contribution in [2.45, 2.75) is 114 Å². The van der Waals surface area contributed by atoms with E-state index in [1.54, 1.807) is 0 Å². The van der Waals surface area contributed by atoms with Gasteiger partial charge in [-0.15, -0.1) is 11.8 Å². The molecule has 0 unspecified atom stereocenters. The first-order valence-corrected chi connectivity index (χ1v) is 15.3. The lowest BCUT2D eigenvalue weighted by Gasteiger charge is -2.46. The van der Waals surface area contributed by atoms with E-state index in [0.29, 0.717) is 6.61 Å². The minimum Gasteiger partial charge on any atom is -0.380 e. The predicted octanol–water partition coefficient (Wildman–Crippen LogP) is 6.35. The Morgan fingerprint density at radius 3 is 1.91 bits per heavy atom. The number of hydrogen-bond donors (Lipinski definition) is 0. The van der Waals surface area contributed by atoms with Gasteiger partial charge in [0.2, 0.25) is 0 Å². The molecule has 1 aliphatic heterocycles. The van der Waals surface area contributed by atoms with Gasteiger partial charge in [0.15, 0.2) is 0 Å². The first-order chi connectivity index (χ1) is 17.2. The zero-order chi connectivity index (χ0) is 25.3. The van der Waals surface area contributed by atoms with Crippen molar-refractivity contribution in [3.05, 3.63) is 35.4 Å². The normalized spacial score (nSPS) is 24.6. The monoisotopic (exact) mass is 506 g/mol. The van der Waals surface area contributed by atoms with Gasteiger partial charge in [0.25, 0.3) is 0 Å². The lowest BCUT2D eigenvalue weighted by molar-refractivity contribution is -0.149. The van der Waals surface area contributed by atoms with Crippen molar-refractivity contribution in [1.29, 1.82) is 0 Å². The van der Waals surface area contributed by atoms with Gasteiger partial charge in [-0.25, -0.2) is 0 Å². The third-order valence-electron chi connectivity index (χ3n) is 6.67. The summed E-state index contributed by atoms with van der Waals surface area (Å²) >= 11 is 1.98. The molecule has 200 valence electrons. The van der Waals surface area contributed by atoms with Crippen LogP contribution in [0.2, 0.25) is 0 Å². The van der Waals surface area contributed by atoms with E-state index in [4.69, 9.17) is 18.9 Å². The number of ether oxygens (including phenoxy) is 4. The number of unbranched alkanes of at least 4 members (excludes halogenated alkanes) is 4. The van der Waals surface area contributed by atoms with Gasteiger partial charge in [-0.2, -0.15) is 0 Å². The summed E-state index contributed by atoms with van der Waals surface area (Å²) in [6.45, 7) is 12.6. The topological polar surface area (TPSA) is 36.9 Å². The van der Waals surface area contributed by atoms with E-state index in [0.717, 1.165) is 84.1 Å². The summed E-state index contributed by atoms with van der Waals surface area (Å²) in [6.07, 6.45) is 9.69. The minimum absolute atomic E-state index is 0.0257. The van der Waals surface area contributed by atoms with E-state index in [1.165, 1.54) is 11.1 Å². The SMILES string of the molecule is BCc1cccc([C@@H]2S[C@H](COCCCC)[C@@H](OCCCC)[C@H](OCCCC)[C@H]2OCCCC)c1. The quantitative estimate of drug-likeness (QED) is 0.161. The molecule has 2 rings (SSSR count). The van der Waals surface area contributed by atoms with Crippen molar-refractivity contribution in [3.63, 3.8) is 0 Å². The molecule has 6 heteroatoms. The number of thioether (sulfide) groups is 1. The molecule has 0 amide bonds. The highest BCUT2D eigenvalue weighted by Gasteiger charge is 2.48. The van der Waals surface area contributed by atoms with E-state index in [9.17, 15) is 0 Å². The van der Waals surface area contributed by atoms with Gasteiger partial charge in [-0.1, -0.05) is 89.5 Å². The lowest BCUT2D eigenvalue weighted by atomic mass is 9.92. The maximum Gasteiger partial charge on any atom is 0.112 e. The van der Waals surface area contributed by atoms with Crippen LogP contribution in [0.1, 0.15) is 95.4 Å². The molecule has 35 heavy (non-hydrogen) atoms. The second-order valence-electron chi connectivity index (χ2n) is 9.69. The Morgan fingerprint density at radius 1 is 0.743 bits per heavy atom. The largest absolute Gasteiger partial charge is 0.380 e. The van der Waals surface area contributed by atoms with Gasteiger partial charge >= 0.3 is 0 Å². The molecule has 0 spiro atoms. The van der Waals surface area contributed by atoms with Crippen molar-refractivity contribution < 1.29 is 18.9 Å². The van der Waals surface area contributed by atoms with Crippen LogP contribution < -0.4 is 0 Å². The van der Waals surface area contributed by atoms with E-state index in [-0.39, 0.29) is 28.8 Å². The molecular weight excluding hydrogens is 455 g/mol. The highest BCUT2D eigenvalue weighted by molar-refractivity contribution is 8.00. The van der Waals surface area contributed by atoms with Crippen LogP contribution in [0.5, 0.6) is 0 Å². The molecule has 1 fully saturated rings. The van der Waals surface area contributed by atoms with Gasteiger partial charge in [0.1, 0.15) is 26.2 Å². The Kier molecular flexibility index (Phi) is 16.4. The second-order valence-corrected chi connectivity index (χ2v) is 11.1. The lowest BCUT2D eigenvalue weighted by Crippen LogP contribution is -2.55. The summed E-state index contributed by atoms with van der Waals surface area (Å²) in [6, 6.07) is 9.05. The molecular formula is C29H51BO4S. The molecule has 5 atom stereocenters. The Morgan fingerprint density at radius 2 is 1.31 bits per heavy atom. The van der Waals surface area contributed by atoms with Crippen molar-refractivity contribution in [2.75, 3.05) is 33.0 Å². The summed E-state index contributed by atoms with van der Waals surface area (Å²) in [7, 11) is 2.22.